The molecule has 0 spiro atoms. The molecule has 0 bridgehead atoms. The number of aromatic hydroxyl groups is 1. The van der Waals surface area contributed by atoms with Gasteiger partial charge in [-0.25, -0.2) is 9.38 Å². The molecule has 8 nitrogen and oxygen atoms in total. The number of aliphatic imine (C=N–C) groups is 1. The highest BCUT2D eigenvalue weighted by Crippen LogP contribution is 2.45. The van der Waals surface area contributed by atoms with E-state index in [2.05, 4.69) is 9.89 Å². The molecule has 3 aromatic carbocycles. The van der Waals surface area contributed by atoms with E-state index in [1.807, 2.05) is 24.3 Å². The van der Waals surface area contributed by atoms with Crippen molar-refractivity contribution in [2.24, 2.45) is 4.99 Å². The SMILES string of the molecule is COc1cccc(N2CCN(C3=Nc4c(F)cccc4[C@H](CC(=O)O)N3c3cc(C(F)(F)F)ccc3O)CC2)c1. The predicted octanol–water partition coefficient (Wildman–Crippen LogP) is 5.40. The van der Waals surface area contributed by atoms with E-state index in [9.17, 15) is 32.6 Å². The lowest BCUT2D eigenvalue weighted by molar-refractivity contribution is -0.138. The van der Waals surface area contributed by atoms with E-state index < -0.39 is 41.7 Å². The molecule has 40 heavy (non-hydrogen) atoms. The van der Waals surface area contributed by atoms with Gasteiger partial charge in [0.2, 0.25) is 5.96 Å². The van der Waals surface area contributed by atoms with E-state index in [1.165, 1.54) is 23.1 Å². The number of methoxy groups -OCH3 is 1. The predicted molar refractivity (Wildman–Crippen MR) is 141 cm³/mol. The number of carboxylic acid groups (broad SMARTS) is 1. The molecular weight excluding hydrogens is 532 g/mol. The van der Waals surface area contributed by atoms with Gasteiger partial charge in [0, 0.05) is 43.5 Å². The molecule has 0 unspecified atom stereocenters. The summed E-state index contributed by atoms with van der Waals surface area (Å²) in [6.07, 6.45) is -5.29. The number of halogens is 4. The van der Waals surface area contributed by atoms with Crippen molar-refractivity contribution in [2.45, 2.75) is 18.6 Å². The van der Waals surface area contributed by atoms with Crippen LogP contribution in [0, 0.1) is 5.82 Å². The Hall–Kier alpha value is -4.48. The number of phenolic OH excluding ortho intramolecular Hbond substituents is 1. The van der Waals surface area contributed by atoms with Crippen LogP contribution in [0.2, 0.25) is 0 Å². The van der Waals surface area contributed by atoms with E-state index in [-0.39, 0.29) is 22.9 Å². The van der Waals surface area contributed by atoms with Gasteiger partial charge < -0.3 is 29.6 Å². The van der Waals surface area contributed by atoms with E-state index in [0.29, 0.717) is 31.9 Å². The highest BCUT2D eigenvalue weighted by molar-refractivity contribution is 6.02. The molecule has 3 aromatic rings. The lowest BCUT2D eigenvalue weighted by atomic mass is 9.96. The number of anilines is 2. The third kappa shape index (κ3) is 5.21. The molecule has 5 rings (SSSR count). The lowest BCUT2D eigenvalue weighted by Crippen LogP contribution is -2.55. The molecule has 0 amide bonds. The fourth-order valence-electron chi connectivity index (χ4n) is 5.08. The number of piperazine rings is 1. The van der Waals surface area contributed by atoms with Gasteiger partial charge in [-0.15, -0.1) is 0 Å². The Morgan fingerprint density at radius 1 is 1.02 bits per heavy atom. The summed E-state index contributed by atoms with van der Waals surface area (Å²) in [5, 5.41) is 20.5. The highest BCUT2D eigenvalue weighted by atomic mass is 19.4. The summed E-state index contributed by atoms with van der Waals surface area (Å²) in [6.45, 7) is 1.66. The number of fused-ring (bicyclic) bond motifs is 1. The van der Waals surface area contributed by atoms with E-state index in [4.69, 9.17) is 4.74 Å². The molecule has 2 aliphatic rings. The monoisotopic (exact) mass is 558 g/mol. The zero-order valence-electron chi connectivity index (χ0n) is 21.4. The van der Waals surface area contributed by atoms with Gasteiger partial charge in [0.25, 0.3) is 0 Å². The van der Waals surface area contributed by atoms with Gasteiger partial charge in [0.15, 0.2) is 0 Å². The van der Waals surface area contributed by atoms with Gasteiger partial charge in [0.05, 0.1) is 30.8 Å². The summed E-state index contributed by atoms with van der Waals surface area (Å²) >= 11 is 0. The number of guanidine groups is 1. The van der Waals surface area contributed by atoms with Crippen LogP contribution in [0.15, 0.2) is 65.7 Å². The topological polar surface area (TPSA) is 88.8 Å². The Balaban J connectivity index is 1.58. The van der Waals surface area contributed by atoms with E-state index in [0.717, 1.165) is 23.9 Å². The maximum atomic E-state index is 15.0. The van der Waals surface area contributed by atoms with Gasteiger partial charge in [-0.3, -0.25) is 4.79 Å². The quantitative estimate of drug-likeness (QED) is 0.405. The molecule has 2 N–H and O–H groups in total. The van der Waals surface area contributed by atoms with Crippen LogP contribution in [0.25, 0.3) is 0 Å². The Morgan fingerprint density at radius 2 is 1.73 bits per heavy atom. The number of alkyl halides is 3. The molecule has 1 atom stereocenters. The average Bonchev–Trinajstić information content (AvgIpc) is 2.93. The maximum absolute atomic E-state index is 15.0. The first-order chi connectivity index (χ1) is 19.1. The number of carboxylic acids is 1. The first-order valence-corrected chi connectivity index (χ1v) is 12.5. The van der Waals surface area contributed by atoms with Crippen molar-refractivity contribution in [1.82, 2.24) is 4.90 Å². The smallest absolute Gasteiger partial charge is 0.416 e. The number of nitrogens with zero attached hydrogens (tertiary/aromatic N) is 4. The van der Waals surface area contributed by atoms with Gasteiger partial charge in [0.1, 0.15) is 23.0 Å². The second-order valence-corrected chi connectivity index (χ2v) is 9.45. The minimum absolute atomic E-state index is 0.0590. The fraction of sp³-hybridized carbons (Fsp3) is 0.286. The van der Waals surface area contributed by atoms with Gasteiger partial charge in [-0.1, -0.05) is 18.2 Å². The summed E-state index contributed by atoms with van der Waals surface area (Å²) < 4.78 is 61.3. The normalized spacial score (nSPS) is 17.4. The summed E-state index contributed by atoms with van der Waals surface area (Å²) in [5.74, 6) is -1.69. The summed E-state index contributed by atoms with van der Waals surface area (Å²) in [4.78, 5) is 21.6. The Labute approximate surface area is 227 Å². The zero-order chi connectivity index (χ0) is 28.6. The largest absolute Gasteiger partial charge is 0.506 e. The van der Waals surface area contributed by atoms with Gasteiger partial charge in [-0.05, 0) is 36.4 Å². The van der Waals surface area contributed by atoms with Crippen molar-refractivity contribution in [3.8, 4) is 11.5 Å². The summed E-state index contributed by atoms with van der Waals surface area (Å²) in [5.41, 5.74) is -0.275. The number of hydrogen-bond donors (Lipinski definition) is 2. The number of rotatable bonds is 5. The fourth-order valence-corrected chi connectivity index (χ4v) is 5.08. The van der Waals surface area contributed by atoms with Crippen LogP contribution in [-0.4, -0.2) is 60.3 Å². The Kier molecular flexibility index (Phi) is 7.17. The number of hydrogen-bond acceptors (Lipinski definition) is 7. The van der Waals surface area contributed by atoms with Crippen molar-refractivity contribution < 1.29 is 37.3 Å². The molecule has 0 radical (unpaired) electrons. The number of benzene rings is 3. The van der Waals surface area contributed by atoms with Crippen LogP contribution in [-0.2, 0) is 11.0 Å². The lowest BCUT2D eigenvalue weighted by Gasteiger charge is -2.45. The first kappa shape index (κ1) is 27.1. The molecule has 0 aliphatic carbocycles. The van der Waals surface area contributed by atoms with Crippen LogP contribution in [0.5, 0.6) is 11.5 Å². The van der Waals surface area contributed by atoms with Gasteiger partial charge in [-0.2, -0.15) is 13.2 Å². The van der Waals surface area contributed by atoms with Crippen LogP contribution in [0.4, 0.5) is 34.6 Å². The van der Waals surface area contributed by atoms with E-state index in [1.54, 1.807) is 12.0 Å². The van der Waals surface area contributed by atoms with Crippen molar-refractivity contribution in [1.29, 1.82) is 0 Å². The van der Waals surface area contributed by atoms with Crippen molar-refractivity contribution in [3.05, 3.63) is 77.6 Å². The molecule has 210 valence electrons. The molecule has 2 aliphatic heterocycles. The number of para-hydroxylation sites is 1. The molecule has 2 heterocycles. The third-order valence-corrected chi connectivity index (χ3v) is 7.03. The van der Waals surface area contributed by atoms with Crippen molar-refractivity contribution in [2.75, 3.05) is 43.1 Å². The molecule has 0 saturated carbocycles. The highest BCUT2D eigenvalue weighted by Gasteiger charge is 2.40. The second-order valence-electron chi connectivity index (χ2n) is 9.45. The standard InChI is InChI=1S/C28H26F4N4O4/c1-40-19-5-2-4-18(15-19)34-10-12-35(13-11-34)27-33-26-20(6-3-7-21(26)29)22(16-25(38)39)36(27)23-14-17(28(30,31)32)8-9-24(23)37/h2-9,14-15,22,37H,10-13,16H2,1H3,(H,38,39)/t22-/m0/s1. The minimum atomic E-state index is -4.72. The molecule has 12 heteroatoms. The maximum Gasteiger partial charge on any atom is 0.416 e. The second kappa shape index (κ2) is 10.6. The van der Waals surface area contributed by atoms with E-state index >= 15 is 0 Å². The minimum Gasteiger partial charge on any atom is -0.506 e. The van der Waals surface area contributed by atoms with Crippen LogP contribution in [0.3, 0.4) is 0 Å². The molecular formula is C28H26F4N4O4. The number of carbonyl (C=O) groups is 1. The summed E-state index contributed by atoms with van der Waals surface area (Å²) in [7, 11) is 1.57. The number of phenols is 1. The third-order valence-electron chi connectivity index (χ3n) is 7.03. The number of ether oxygens (including phenoxy) is 1. The molecule has 1 saturated heterocycles. The summed E-state index contributed by atoms with van der Waals surface area (Å²) in [6, 6.07) is 12.8. The van der Waals surface area contributed by atoms with Crippen LogP contribution >= 0.6 is 0 Å². The zero-order valence-corrected chi connectivity index (χ0v) is 21.4. The first-order valence-electron chi connectivity index (χ1n) is 12.5. The number of aliphatic carboxylic acids is 1. The van der Waals surface area contributed by atoms with Crippen molar-refractivity contribution >= 4 is 29.0 Å². The molecule has 1 fully saturated rings. The van der Waals surface area contributed by atoms with Crippen LogP contribution in [0.1, 0.15) is 23.6 Å². The van der Waals surface area contributed by atoms with Crippen LogP contribution < -0.4 is 14.5 Å². The molecule has 0 aromatic heterocycles. The van der Waals surface area contributed by atoms with Crippen molar-refractivity contribution in [3.63, 3.8) is 0 Å². The Morgan fingerprint density at radius 3 is 2.40 bits per heavy atom. The van der Waals surface area contributed by atoms with Gasteiger partial charge >= 0.3 is 12.1 Å². The average molecular weight is 559 g/mol. The Bertz CT molecular complexity index is 1450.